The molecule has 1 aromatic heterocycles. The summed E-state index contributed by atoms with van der Waals surface area (Å²) in [6.45, 7) is 3.48. The Bertz CT molecular complexity index is 485. The summed E-state index contributed by atoms with van der Waals surface area (Å²) in [4.78, 5) is 4.22. The van der Waals surface area contributed by atoms with Gasteiger partial charge in [-0.3, -0.25) is 0 Å². The zero-order chi connectivity index (χ0) is 12.8. The molecule has 0 amide bonds. The summed E-state index contributed by atoms with van der Waals surface area (Å²) in [5, 5.41) is 6.31. The minimum atomic E-state index is 0.699. The van der Waals surface area contributed by atoms with E-state index in [1.54, 1.807) is 17.5 Å². The molecule has 0 unspecified atom stereocenters. The third kappa shape index (κ3) is 3.63. The first-order valence-corrected chi connectivity index (χ1v) is 6.81. The molecule has 0 spiro atoms. The Labute approximate surface area is 111 Å². The van der Waals surface area contributed by atoms with Gasteiger partial charge in [0.1, 0.15) is 10.8 Å². The Kier molecular flexibility index (Phi) is 4.41. The number of benzene rings is 1. The summed E-state index contributed by atoms with van der Waals surface area (Å²) in [7, 11) is 0. The van der Waals surface area contributed by atoms with Crippen LogP contribution < -0.4 is 15.8 Å². The molecule has 0 fully saturated rings. The molecule has 4 nitrogen and oxygen atoms in total. The van der Waals surface area contributed by atoms with Gasteiger partial charge in [0.05, 0.1) is 13.2 Å². The molecule has 0 atom stereocenters. The van der Waals surface area contributed by atoms with E-state index < -0.39 is 0 Å². The molecule has 0 aliphatic rings. The number of nitrogens with zero attached hydrogens (tertiary/aromatic N) is 1. The molecule has 3 N–H and O–H groups in total. The van der Waals surface area contributed by atoms with E-state index in [-0.39, 0.29) is 0 Å². The van der Waals surface area contributed by atoms with Crippen molar-refractivity contribution in [2.24, 2.45) is 0 Å². The van der Waals surface area contributed by atoms with E-state index in [1.165, 1.54) is 0 Å². The number of thiazole rings is 1. The molecule has 2 aromatic rings. The Morgan fingerprint density at radius 3 is 3.00 bits per heavy atom. The monoisotopic (exact) mass is 263 g/mol. The maximum atomic E-state index is 5.85. The summed E-state index contributed by atoms with van der Waals surface area (Å²) in [6, 6.07) is 5.69. The van der Waals surface area contributed by atoms with Crippen molar-refractivity contribution in [3.05, 3.63) is 34.8 Å². The van der Waals surface area contributed by atoms with Crippen LogP contribution in [0, 0.1) is 0 Å². The van der Waals surface area contributed by atoms with Gasteiger partial charge in [-0.15, -0.1) is 11.3 Å². The first kappa shape index (κ1) is 12.7. The molecule has 2 rings (SSSR count). The van der Waals surface area contributed by atoms with Gasteiger partial charge in [0.15, 0.2) is 0 Å². The number of aromatic nitrogens is 1. The highest BCUT2D eigenvalue weighted by molar-refractivity contribution is 7.09. The largest absolute Gasteiger partial charge is 0.493 e. The first-order chi connectivity index (χ1) is 8.78. The lowest BCUT2D eigenvalue weighted by atomic mass is 10.2. The first-order valence-electron chi connectivity index (χ1n) is 5.93. The van der Waals surface area contributed by atoms with Crippen LogP contribution >= 0.6 is 11.3 Å². The van der Waals surface area contributed by atoms with E-state index >= 15 is 0 Å². The van der Waals surface area contributed by atoms with Gasteiger partial charge < -0.3 is 15.8 Å². The smallest absolute Gasteiger partial charge is 0.123 e. The average molecular weight is 263 g/mol. The Morgan fingerprint density at radius 1 is 1.39 bits per heavy atom. The second-order valence-electron chi connectivity index (χ2n) is 3.92. The number of hydrogen-bond acceptors (Lipinski definition) is 5. The number of nitrogens with two attached hydrogens (primary N) is 1. The number of anilines is 2. The van der Waals surface area contributed by atoms with Crippen LogP contribution in [0.5, 0.6) is 5.75 Å². The van der Waals surface area contributed by atoms with Crippen molar-refractivity contribution in [1.82, 2.24) is 4.98 Å². The summed E-state index contributed by atoms with van der Waals surface area (Å²) in [5.41, 5.74) is 7.50. The highest BCUT2D eigenvalue weighted by atomic mass is 32.1. The average Bonchev–Trinajstić information content (AvgIpc) is 2.86. The van der Waals surface area contributed by atoms with E-state index in [0.29, 0.717) is 18.8 Å². The number of nitrogens with one attached hydrogen (secondary N) is 1. The molecule has 0 aliphatic heterocycles. The number of nitrogen functional groups attached to an aromatic ring is 1. The zero-order valence-corrected chi connectivity index (χ0v) is 11.2. The number of rotatable bonds is 6. The fourth-order valence-electron chi connectivity index (χ4n) is 1.55. The molecule has 1 aromatic carbocycles. The Hall–Kier alpha value is -1.75. The quantitative estimate of drug-likeness (QED) is 0.786. The van der Waals surface area contributed by atoms with Crippen LogP contribution in [0.3, 0.4) is 0 Å². The highest BCUT2D eigenvalue weighted by Crippen LogP contribution is 2.23. The molecule has 96 valence electrons. The van der Waals surface area contributed by atoms with E-state index in [9.17, 15) is 0 Å². The molecule has 1 heterocycles. The lowest BCUT2D eigenvalue weighted by molar-refractivity contribution is 0.318. The molecule has 0 aliphatic carbocycles. The fourth-order valence-corrected chi connectivity index (χ4v) is 2.10. The minimum absolute atomic E-state index is 0.699. The predicted octanol–water partition coefficient (Wildman–Crippen LogP) is 3.13. The molecule has 5 heteroatoms. The van der Waals surface area contributed by atoms with Gasteiger partial charge in [0.2, 0.25) is 0 Å². The number of hydrogen-bond donors (Lipinski definition) is 2. The van der Waals surface area contributed by atoms with Crippen LogP contribution in [-0.2, 0) is 6.54 Å². The van der Waals surface area contributed by atoms with Crippen molar-refractivity contribution in [2.45, 2.75) is 19.9 Å². The van der Waals surface area contributed by atoms with E-state index in [4.69, 9.17) is 10.5 Å². The third-order valence-corrected chi connectivity index (χ3v) is 3.11. The van der Waals surface area contributed by atoms with Crippen molar-refractivity contribution in [2.75, 3.05) is 17.7 Å². The standard InChI is InChI=1S/C13H17N3OS/c1-2-4-17-12-7-10(14)6-11(8-12)16-9-13-15-3-5-18-13/h3,5-8,16H,2,4,9,14H2,1H3. The topological polar surface area (TPSA) is 60.2 Å². The molecular formula is C13H17N3OS. The van der Waals surface area contributed by atoms with E-state index in [1.807, 2.05) is 23.6 Å². The van der Waals surface area contributed by atoms with Crippen molar-refractivity contribution in [3.63, 3.8) is 0 Å². The fraction of sp³-hybridized carbons (Fsp3) is 0.308. The van der Waals surface area contributed by atoms with Gasteiger partial charge in [-0.25, -0.2) is 4.98 Å². The summed E-state index contributed by atoms with van der Waals surface area (Å²) < 4.78 is 5.58. The van der Waals surface area contributed by atoms with Gasteiger partial charge in [0, 0.05) is 35.1 Å². The molecule has 0 bridgehead atoms. The normalized spacial score (nSPS) is 10.3. The van der Waals surface area contributed by atoms with Gasteiger partial charge in [-0.1, -0.05) is 6.92 Å². The van der Waals surface area contributed by atoms with Gasteiger partial charge in [-0.05, 0) is 12.5 Å². The Morgan fingerprint density at radius 2 is 2.28 bits per heavy atom. The Balaban J connectivity index is 2.00. The predicted molar refractivity (Wildman–Crippen MR) is 76.1 cm³/mol. The van der Waals surface area contributed by atoms with Gasteiger partial charge in [-0.2, -0.15) is 0 Å². The number of ether oxygens (including phenoxy) is 1. The second-order valence-corrected chi connectivity index (χ2v) is 4.90. The highest BCUT2D eigenvalue weighted by Gasteiger charge is 2.01. The van der Waals surface area contributed by atoms with Crippen LogP contribution in [0.25, 0.3) is 0 Å². The summed E-state index contributed by atoms with van der Waals surface area (Å²) >= 11 is 1.63. The lowest BCUT2D eigenvalue weighted by Crippen LogP contribution is -2.01. The van der Waals surface area contributed by atoms with Crippen molar-refractivity contribution >= 4 is 22.7 Å². The zero-order valence-electron chi connectivity index (χ0n) is 10.3. The maximum Gasteiger partial charge on any atom is 0.123 e. The van der Waals surface area contributed by atoms with Crippen LogP contribution in [0.1, 0.15) is 18.4 Å². The van der Waals surface area contributed by atoms with Crippen LogP contribution in [0.4, 0.5) is 11.4 Å². The van der Waals surface area contributed by atoms with E-state index in [2.05, 4.69) is 17.2 Å². The van der Waals surface area contributed by atoms with Crippen molar-refractivity contribution in [3.8, 4) is 5.75 Å². The maximum absolute atomic E-state index is 5.85. The van der Waals surface area contributed by atoms with Crippen LogP contribution in [0.2, 0.25) is 0 Å². The minimum Gasteiger partial charge on any atom is -0.493 e. The van der Waals surface area contributed by atoms with Crippen molar-refractivity contribution in [1.29, 1.82) is 0 Å². The molecule has 18 heavy (non-hydrogen) atoms. The summed E-state index contributed by atoms with van der Waals surface area (Å²) in [5.74, 6) is 0.804. The molecular weight excluding hydrogens is 246 g/mol. The third-order valence-electron chi connectivity index (χ3n) is 2.33. The molecule has 0 saturated carbocycles. The van der Waals surface area contributed by atoms with Crippen molar-refractivity contribution < 1.29 is 4.74 Å². The molecule has 0 saturated heterocycles. The summed E-state index contributed by atoms with van der Waals surface area (Å²) in [6.07, 6.45) is 2.79. The van der Waals surface area contributed by atoms with Crippen LogP contribution in [-0.4, -0.2) is 11.6 Å². The van der Waals surface area contributed by atoms with E-state index in [0.717, 1.165) is 22.9 Å². The van der Waals surface area contributed by atoms with Gasteiger partial charge >= 0.3 is 0 Å². The molecule has 0 radical (unpaired) electrons. The van der Waals surface area contributed by atoms with Crippen LogP contribution in [0.15, 0.2) is 29.8 Å². The second kappa shape index (κ2) is 6.26. The van der Waals surface area contributed by atoms with Gasteiger partial charge in [0.25, 0.3) is 0 Å². The SMILES string of the molecule is CCCOc1cc(N)cc(NCc2nccs2)c1. The lowest BCUT2D eigenvalue weighted by Gasteiger charge is -2.10.